The zero-order valence-corrected chi connectivity index (χ0v) is 17.5. The van der Waals surface area contributed by atoms with E-state index in [1.165, 1.54) is 11.8 Å². The van der Waals surface area contributed by atoms with E-state index < -0.39 is 0 Å². The third kappa shape index (κ3) is 5.31. The molecule has 0 saturated heterocycles. The van der Waals surface area contributed by atoms with Gasteiger partial charge in [0.25, 0.3) is 0 Å². The van der Waals surface area contributed by atoms with E-state index in [1.807, 2.05) is 36.4 Å². The van der Waals surface area contributed by atoms with E-state index in [-0.39, 0.29) is 12.3 Å². The van der Waals surface area contributed by atoms with Gasteiger partial charge < -0.3 is 14.8 Å². The zero-order chi connectivity index (χ0) is 21.3. The monoisotopic (exact) mass is 419 g/mol. The third-order valence-electron chi connectivity index (χ3n) is 4.30. The number of aromatic nitrogens is 1. The summed E-state index contributed by atoms with van der Waals surface area (Å²) in [4.78, 5) is 17.0. The van der Waals surface area contributed by atoms with Gasteiger partial charge >= 0.3 is 0 Å². The Hall–Kier alpha value is -3.50. The highest BCUT2D eigenvalue weighted by molar-refractivity contribution is 7.99. The van der Waals surface area contributed by atoms with Crippen LogP contribution in [0.3, 0.4) is 0 Å². The molecule has 1 amide bonds. The molecule has 1 N–H and O–H groups in total. The van der Waals surface area contributed by atoms with Crippen molar-refractivity contribution in [1.29, 1.82) is 5.26 Å². The number of nitrogens with one attached hydrogen (secondary N) is 1. The minimum atomic E-state index is -0.160. The molecule has 0 fully saturated rings. The molecule has 2 aromatic carbocycles. The van der Waals surface area contributed by atoms with Crippen molar-refractivity contribution >= 4 is 23.4 Å². The molecule has 0 atom stereocenters. The SMILES string of the molecule is COc1ccc(OC)c(NC(=O)CCSc2nc(-c3ccccc3)ccc2C#N)c1. The Labute approximate surface area is 179 Å². The summed E-state index contributed by atoms with van der Waals surface area (Å²) >= 11 is 1.39. The van der Waals surface area contributed by atoms with Crippen molar-refractivity contribution in [3.8, 4) is 28.8 Å². The molecule has 0 aliphatic carbocycles. The molecule has 7 heteroatoms. The molecular formula is C23H21N3O3S. The number of nitrogens with zero attached hydrogens (tertiary/aromatic N) is 2. The van der Waals surface area contributed by atoms with Gasteiger partial charge in [0.05, 0.1) is 31.2 Å². The van der Waals surface area contributed by atoms with Crippen LogP contribution in [0.5, 0.6) is 11.5 Å². The minimum absolute atomic E-state index is 0.160. The second-order valence-corrected chi connectivity index (χ2v) is 7.32. The average Bonchev–Trinajstić information content (AvgIpc) is 2.79. The van der Waals surface area contributed by atoms with Gasteiger partial charge in [0.1, 0.15) is 22.6 Å². The van der Waals surface area contributed by atoms with E-state index in [0.717, 1.165) is 11.3 Å². The fraction of sp³-hybridized carbons (Fsp3) is 0.174. The van der Waals surface area contributed by atoms with Crippen molar-refractivity contribution in [2.24, 2.45) is 0 Å². The number of carbonyl (C=O) groups excluding carboxylic acids is 1. The minimum Gasteiger partial charge on any atom is -0.497 e. The van der Waals surface area contributed by atoms with Gasteiger partial charge in [-0.2, -0.15) is 5.26 Å². The maximum Gasteiger partial charge on any atom is 0.225 e. The maximum absolute atomic E-state index is 12.4. The number of hydrogen-bond donors (Lipinski definition) is 1. The van der Waals surface area contributed by atoms with Crippen LogP contribution >= 0.6 is 11.8 Å². The van der Waals surface area contributed by atoms with Crippen LogP contribution in [0.25, 0.3) is 11.3 Å². The van der Waals surface area contributed by atoms with Gasteiger partial charge in [-0.25, -0.2) is 4.98 Å². The number of amides is 1. The van der Waals surface area contributed by atoms with Crippen LogP contribution in [-0.2, 0) is 4.79 Å². The van der Waals surface area contributed by atoms with Crippen LogP contribution in [0.2, 0.25) is 0 Å². The predicted octanol–water partition coefficient (Wildman–Crippen LogP) is 4.76. The van der Waals surface area contributed by atoms with Gasteiger partial charge in [-0.1, -0.05) is 30.3 Å². The van der Waals surface area contributed by atoms with Crippen LogP contribution in [0, 0.1) is 11.3 Å². The van der Waals surface area contributed by atoms with E-state index in [0.29, 0.717) is 33.5 Å². The molecule has 6 nitrogen and oxygen atoms in total. The molecule has 152 valence electrons. The number of rotatable bonds is 8. The lowest BCUT2D eigenvalue weighted by Gasteiger charge is -2.12. The van der Waals surface area contributed by atoms with Crippen molar-refractivity contribution in [2.45, 2.75) is 11.4 Å². The summed E-state index contributed by atoms with van der Waals surface area (Å²) in [7, 11) is 3.11. The Balaban J connectivity index is 1.65. The Morgan fingerprint density at radius 1 is 1.10 bits per heavy atom. The lowest BCUT2D eigenvalue weighted by Crippen LogP contribution is -2.13. The van der Waals surface area contributed by atoms with Crippen LogP contribution < -0.4 is 14.8 Å². The Morgan fingerprint density at radius 3 is 2.60 bits per heavy atom. The molecule has 0 aliphatic heterocycles. The summed E-state index contributed by atoms with van der Waals surface area (Å²) in [6.07, 6.45) is 0.257. The summed E-state index contributed by atoms with van der Waals surface area (Å²) in [6, 6.07) is 20.7. The standard InChI is InChI=1S/C23H21N3O3S/c1-28-18-9-11-21(29-2)20(14-18)25-22(27)12-13-30-23-17(15-24)8-10-19(26-23)16-6-4-3-5-7-16/h3-11,14H,12-13H2,1-2H3,(H,25,27). The number of methoxy groups -OCH3 is 2. The number of benzene rings is 2. The maximum atomic E-state index is 12.4. The van der Waals surface area contributed by atoms with E-state index in [1.54, 1.807) is 38.5 Å². The highest BCUT2D eigenvalue weighted by Crippen LogP contribution is 2.29. The molecule has 30 heavy (non-hydrogen) atoms. The second-order valence-electron chi connectivity index (χ2n) is 6.24. The van der Waals surface area contributed by atoms with Crippen molar-refractivity contribution in [2.75, 3.05) is 25.3 Å². The van der Waals surface area contributed by atoms with Gasteiger partial charge in [-0.3, -0.25) is 4.79 Å². The van der Waals surface area contributed by atoms with Crippen LogP contribution in [-0.4, -0.2) is 30.9 Å². The van der Waals surface area contributed by atoms with Gasteiger partial charge in [0.15, 0.2) is 0 Å². The largest absolute Gasteiger partial charge is 0.497 e. The van der Waals surface area contributed by atoms with Gasteiger partial charge in [0, 0.05) is 23.8 Å². The van der Waals surface area contributed by atoms with E-state index >= 15 is 0 Å². The molecule has 0 bridgehead atoms. The molecule has 3 rings (SSSR count). The van der Waals surface area contributed by atoms with E-state index in [4.69, 9.17) is 9.47 Å². The van der Waals surface area contributed by atoms with Crippen LogP contribution in [0.1, 0.15) is 12.0 Å². The quantitative estimate of drug-likeness (QED) is 0.530. The molecule has 0 unspecified atom stereocenters. The molecule has 1 aromatic heterocycles. The van der Waals surface area contributed by atoms with Gasteiger partial charge in [0.2, 0.25) is 5.91 Å². The smallest absolute Gasteiger partial charge is 0.225 e. The molecule has 0 spiro atoms. The van der Waals surface area contributed by atoms with Crippen molar-refractivity contribution in [3.63, 3.8) is 0 Å². The number of anilines is 1. The summed E-state index contributed by atoms with van der Waals surface area (Å²) in [5.74, 6) is 1.51. The number of nitriles is 1. The first kappa shape index (κ1) is 21.2. The fourth-order valence-electron chi connectivity index (χ4n) is 2.77. The zero-order valence-electron chi connectivity index (χ0n) is 16.7. The first-order chi connectivity index (χ1) is 14.6. The lowest BCUT2D eigenvalue weighted by molar-refractivity contribution is -0.115. The average molecular weight is 420 g/mol. The Bertz CT molecular complexity index is 1070. The predicted molar refractivity (Wildman–Crippen MR) is 118 cm³/mol. The number of thioether (sulfide) groups is 1. The topological polar surface area (TPSA) is 84.2 Å². The highest BCUT2D eigenvalue weighted by atomic mass is 32.2. The summed E-state index contributed by atoms with van der Waals surface area (Å²) in [6.45, 7) is 0. The molecular weight excluding hydrogens is 398 g/mol. The normalized spacial score (nSPS) is 10.2. The molecule has 0 saturated carbocycles. The number of carbonyl (C=O) groups is 1. The number of hydrogen-bond acceptors (Lipinski definition) is 6. The number of ether oxygens (including phenoxy) is 2. The van der Waals surface area contributed by atoms with Crippen LogP contribution in [0.15, 0.2) is 65.7 Å². The lowest BCUT2D eigenvalue weighted by atomic mass is 10.1. The fourth-order valence-corrected chi connectivity index (χ4v) is 3.68. The first-order valence-electron chi connectivity index (χ1n) is 9.26. The summed E-state index contributed by atoms with van der Waals surface area (Å²) in [5.41, 5.74) is 2.82. The van der Waals surface area contributed by atoms with Crippen molar-refractivity contribution < 1.29 is 14.3 Å². The van der Waals surface area contributed by atoms with Gasteiger partial charge in [-0.05, 0) is 24.3 Å². The number of pyridine rings is 1. The molecule has 3 aromatic rings. The Kier molecular flexibility index (Phi) is 7.30. The van der Waals surface area contributed by atoms with Crippen molar-refractivity contribution in [1.82, 2.24) is 4.98 Å². The molecule has 0 radical (unpaired) electrons. The van der Waals surface area contributed by atoms with E-state index in [9.17, 15) is 10.1 Å². The summed E-state index contributed by atoms with van der Waals surface area (Å²) in [5, 5.41) is 12.8. The molecule has 0 aliphatic rings. The van der Waals surface area contributed by atoms with E-state index in [2.05, 4.69) is 16.4 Å². The first-order valence-corrected chi connectivity index (χ1v) is 10.2. The Morgan fingerprint density at radius 2 is 1.90 bits per heavy atom. The highest BCUT2D eigenvalue weighted by Gasteiger charge is 2.12. The molecule has 1 heterocycles. The van der Waals surface area contributed by atoms with Gasteiger partial charge in [-0.15, -0.1) is 11.8 Å². The summed E-state index contributed by atoms with van der Waals surface area (Å²) < 4.78 is 10.5. The van der Waals surface area contributed by atoms with Crippen LogP contribution in [0.4, 0.5) is 5.69 Å². The second kappa shape index (κ2) is 10.3. The van der Waals surface area contributed by atoms with Crippen molar-refractivity contribution in [3.05, 3.63) is 66.2 Å². The third-order valence-corrected chi connectivity index (χ3v) is 5.29.